The summed E-state index contributed by atoms with van der Waals surface area (Å²) in [5, 5.41) is 3.84. The van der Waals surface area contributed by atoms with Crippen LogP contribution in [0, 0.1) is 5.82 Å². The van der Waals surface area contributed by atoms with Crippen LogP contribution >= 0.6 is 0 Å². The molecule has 2 aliphatic heterocycles. The highest BCUT2D eigenvalue weighted by Crippen LogP contribution is 2.19. The van der Waals surface area contributed by atoms with Crippen molar-refractivity contribution in [1.82, 2.24) is 19.8 Å². The van der Waals surface area contributed by atoms with Gasteiger partial charge in [-0.1, -0.05) is 12.1 Å². The molecule has 7 nitrogen and oxygen atoms in total. The highest BCUT2D eigenvalue weighted by molar-refractivity contribution is 5.87. The Balaban J connectivity index is 1.51. The third-order valence-electron chi connectivity index (χ3n) is 4.72. The first-order chi connectivity index (χ1) is 12.0. The molecule has 0 aliphatic carbocycles. The van der Waals surface area contributed by atoms with Crippen molar-refractivity contribution in [1.29, 1.82) is 0 Å². The fourth-order valence-electron chi connectivity index (χ4n) is 3.16. The SMILES string of the molecule is CN1CC(=O)N2CC(=O)N(CCOCc3cccc(F)c3)CC2N1C. The van der Waals surface area contributed by atoms with Gasteiger partial charge in [0.15, 0.2) is 0 Å². The van der Waals surface area contributed by atoms with Crippen molar-refractivity contribution >= 4 is 11.8 Å². The number of benzene rings is 1. The fourth-order valence-corrected chi connectivity index (χ4v) is 3.16. The number of halogens is 1. The molecular formula is C17H23FN4O3. The highest BCUT2D eigenvalue weighted by atomic mass is 19.1. The number of carbonyl (C=O) groups is 2. The second-order valence-electron chi connectivity index (χ2n) is 6.41. The lowest BCUT2D eigenvalue weighted by molar-refractivity contribution is -0.184. The Hall–Kier alpha value is -2.03. The Labute approximate surface area is 146 Å². The van der Waals surface area contributed by atoms with Gasteiger partial charge in [0.25, 0.3) is 0 Å². The normalized spacial score (nSPS) is 22.4. The highest BCUT2D eigenvalue weighted by Gasteiger charge is 2.41. The summed E-state index contributed by atoms with van der Waals surface area (Å²) in [6, 6.07) is 6.26. The monoisotopic (exact) mass is 350 g/mol. The molecule has 2 aliphatic rings. The molecule has 0 radical (unpaired) electrons. The van der Waals surface area contributed by atoms with Gasteiger partial charge in [-0.05, 0) is 17.7 Å². The predicted molar refractivity (Wildman–Crippen MR) is 88.5 cm³/mol. The van der Waals surface area contributed by atoms with Gasteiger partial charge in [0.2, 0.25) is 11.8 Å². The van der Waals surface area contributed by atoms with Crippen molar-refractivity contribution in [3.8, 4) is 0 Å². The van der Waals surface area contributed by atoms with E-state index in [0.29, 0.717) is 26.3 Å². The Morgan fingerprint density at radius 1 is 1.20 bits per heavy atom. The smallest absolute Gasteiger partial charge is 0.242 e. The first-order valence-corrected chi connectivity index (χ1v) is 8.29. The first-order valence-electron chi connectivity index (χ1n) is 8.29. The average molecular weight is 350 g/mol. The number of likely N-dealkylation sites (N-methyl/N-ethyl adjacent to an activating group) is 2. The van der Waals surface area contributed by atoms with Gasteiger partial charge in [-0.2, -0.15) is 0 Å². The average Bonchev–Trinajstić information content (AvgIpc) is 2.57. The molecule has 1 aromatic carbocycles. The zero-order valence-corrected chi connectivity index (χ0v) is 14.5. The Morgan fingerprint density at radius 2 is 2.00 bits per heavy atom. The van der Waals surface area contributed by atoms with Crippen LogP contribution in [0.4, 0.5) is 4.39 Å². The van der Waals surface area contributed by atoms with Gasteiger partial charge in [0, 0.05) is 20.6 Å². The van der Waals surface area contributed by atoms with Gasteiger partial charge >= 0.3 is 0 Å². The van der Waals surface area contributed by atoms with Crippen LogP contribution in [0.1, 0.15) is 5.56 Å². The van der Waals surface area contributed by atoms with Gasteiger partial charge in [-0.15, -0.1) is 0 Å². The fraction of sp³-hybridized carbons (Fsp3) is 0.529. The van der Waals surface area contributed by atoms with Crippen LogP contribution in [-0.2, 0) is 20.9 Å². The van der Waals surface area contributed by atoms with Gasteiger partial charge in [-0.3, -0.25) is 9.59 Å². The number of piperazine rings is 1. The Kier molecular flexibility index (Phi) is 5.31. The maximum atomic E-state index is 13.1. The van der Waals surface area contributed by atoms with E-state index in [1.165, 1.54) is 12.1 Å². The van der Waals surface area contributed by atoms with Crippen molar-refractivity contribution in [3.63, 3.8) is 0 Å². The molecule has 0 N–H and O–H groups in total. The van der Waals surface area contributed by atoms with Crippen LogP contribution in [0.15, 0.2) is 24.3 Å². The molecule has 136 valence electrons. The summed E-state index contributed by atoms with van der Waals surface area (Å²) >= 11 is 0. The number of hydrazine groups is 1. The molecule has 2 amide bonds. The zero-order valence-electron chi connectivity index (χ0n) is 14.5. The lowest BCUT2D eigenvalue weighted by Crippen LogP contribution is -2.70. The molecule has 0 bridgehead atoms. The molecule has 0 spiro atoms. The van der Waals surface area contributed by atoms with E-state index in [0.717, 1.165) is 5.56 Å². The summed E-state index contributed by atoms with van der Waals surface area (Å²) in [6.07, 6.45) is -0.146. The minimum Gasteiger partial charge on any atom is -0.375 e. The standard InChI is InChI=1S/C17H23FN4O3/c1-19-10-17(24)22-11-16(23)21(9-15(22)20(19)2)6-7-25-12-13-4-3-5-14(18)8-13/h3-5,8,15H,6-7,9-12H2,1-2H3. The molecule has 0 aromatic heterocycles. The number of hydrogen-bond acceptors (Lipinski definition) is 5. The number of hydrogen-bond donors (Lipinski definition) is 0. The van der Waals surface area contributed by atoms with E-state index in [4.69, 9.17) is 4.74 Å². The predicted octanol–water partition coefficient (Wildman–Crippen LogP) is 0.131. The summed E-state index contributed by atoms with van der Waals surface area (Å²) in [6.45, 7) is 1.96. The Morgan fingerprint density at radius 3 is 2.76 bits per heavy atom. The van der Waals surface area contributed by atoms with Gasteiger partial charge in [0.1, 0.15) is 18.5 Å². The van der Waals surface area contributed by atoms with E-state index >= 15 is 0 Å². The summed E-state index contributed by atoms with van der Waals surface area (Å²) < 4.78 is 18.7. The van der Waals surface area contributed by atoms with E-state index in [1.807, 2.05) is 24.1 Å². The van der Waals surface area contributed by atoms with Crippen LogP contribution in [-0.4, -0.2) is 84.7 Å². The molecule has 2 fully saturated rings. The first kappa shape index (κ1) is 17.8. The number of carbonyl (C=O) groups excluding carboxylic acids is 2. The Bertz CT molecular complexity index is 657. The minimum atomic E-state index is -0.290. The number of nitrogens with zero attached hydrogens (tertiary/aromatic N) is 4. The van der Waals surface area contributed by atoms with E-state index in [1.54, 1.807) is 21.9 Å². The van der Waals surface area contributed by atoms with Gasteiger partial charge in [0.05, 0.1) is 26.3 Å². The van der Waals surface area contributed by atoms with Gasteiger partial charge < -0.3 is 14.5 Å². The maximum absolute atomic E-state index is 13.1. The molecule has 2 heterocycles. The van der Waals surface area contributed by atoms with Gasteiger partial charge in [-0.25, -0.2) is 14.4 Å². The van der Waals surface area contributed by atoms with Crippen LogP contribution in [0.25, 0.3) is 0 Å². The number of amides is 2. The number of fused-ring (bicyclic) bond motifs is 1. The molecule has 25 heavy (non-hydrogen) atoms. The molecule has 0 saturated carbocycles. The molecule has 1 atom stereocenters. The second-order valence-corrected chi connectivity index (χ2v) is 6.41. The molecule has 1 unspecified atom stereocenters. The largest absolute Gasteiger partial charge is 0.375 e. The van der Waals surface area contributed by atoms with Crippen LogP contribution < -0.4 is 0 Å². The van der Waals surface area contributed by atoms with Crippen LogP contribution in [0.5, 0.6) is 0 Å². The number of rotatable bonds is 5. The van der Waals surface area contributed by atoms with Crippen LogP contribution in [0.3, 0.4) is 0 Å². The minimum absolute atomic E-state index is 0.0269. The molecule has 2 saturated heterocycles. The molecule has 1 aromatic rings. The van der Waals surface area contributed by atoms with Crippen molar-refractivity contribution in [2.45, 2.75) is 12.8 Å². The topological polar surface area (TPSA) is 56.3 Å². The van der Waals surface area contributed by atoms with Crippen molar-refractivity contribution in [2.75, 3.05) is 46.9 Å². The lowest BCUT2D eigenvalue weighted by Gasteiger charge is -2.50. The van der Waals surface area contributed by atoms with Crippen molar-refractivity contribution in [3.05, 3.63) is 35.6 Å². The van der Waals surface area contributed by atoms with E-state index in [9.17, 15) is 14.0 Å². The quantitative estimate of drug-likeness (QED) is 0.707. The molecule has 8 heteroatoms. The summed E-state index contributed by atoms with van der Waals surface area (Å²) in [5.74, 6) is -0.389. The van der Waals surface area contributed by atoms with Crippen LogP contribution in [0.2, 0.25) is 0 Å². The number of ether oxygens (including phenoxy) is 1. The lowest BCUT2D eigenvalue weighted by atomic mass is 10.2. The maximum Gasteiger partial charge on any atom is 0.242 e. The zero-order chi connectivity index (χ0) is 18.0. The van der Waals surface area contributed by atoms with Crippen molar-refractivity contribution in [2.24, 2.45) is 0 Å². The van der Waals surface area contributed by atoms with E-state index < -0.39 is 0 Å². The third-order valence-corrected chi connectivity index (χ3v) is 4.72. The van der Waals surface area contributed by atoms with E-state index in [-0.39, 0.29) is 36.9 Å². The second kappa shape index (κ2) is 7.47. The van der Waals surface area contributed by atoms with E-state index in [2.05, 4.69) is 0 Å². The van der Waals surface area contributed by atoms with Crippen molar-refractivity contribution < 1.29 is 18.7 Å². The summed E-state index contributed by atoms with van der Waals surface area (Å²) in [7, 11) is 3.77. The summed E-state index contributed by atoms with van der Waals surface area (Å²) in [5.41, 5.74) is 0.760. The molecule has 3 rings (SSSR count). The summed E-state index contributed by atoms with van der Waals surface area (Å²) in [4.78, 5) is 27.7. The molecular weight excluding hydrogens is 327 g/mol. The third kappa shape index (κ3) is 3.97.